The van der Waals surface area contributed by atoms with Gasteiger partial charge in [0.15, 0.2) is 11.5 Å². The Morgan fingerprint density at radius 3 is 2.23 bits per heavy atom. The first-order valence-electron chi connectivity index (χ1n) is 8.34. The molecule has 0 aliphatic carbocycles. The molecule has 0 aliphatic heterocycles. The third-order valence-electron chi connectivity index (χ3n) is 3.70. The molecule has 0 spiro atoms. The van der Waals surface area contributed by atoms with E-state index >= 15 is 0 Å². The van der Waals surface area contributed by atoms with Crippen molar-refractivity contribution in [1.82, 2.24) is 10.9 Å². The Morgan fingerprint density at radius 2 is 1.62 bits per heavy atom. The van der Waals surface area contributed by atoms with Gasteiger partial charge in [0.05, 0.1) is 13.2 Å². The van der Waals surface area contributed by atoms with Crippen LogP contribution in [0, 0.1) is 13.8 Å². The van der Waals surface area contributed by atoms with Crippen LogP contribution in [-0.4, -0.2) is 25.0 Å². The highest BCUT2D eigenvalue weighted by Gasteiger charge is 2.14. The number of hydrogen-bond donors (Lipinski definition) is 2. The smallest absolute Gasteiger partial charge is 0.269 e. The highest BCUT2D eigenvalue weighted by Crippen LogP contribution is 2.28. The van der Waals surface area contributed by atoms with Crippen molar-refractivity contribution in [3.63, 3.8) is 0 Å². The van der Waals surface area contributed by atoms with Crippen molar-refractivity contribution in [3.05, 3.63) is 58.7 Å². The maximum Gasteiger partial charge on any atom is 0.269 e. The maximum absolute atomic E-state index is 12.3. The van der Waals surface area contributed by atoms with Crippen molar-refractivity contribution < 1.29 is 19.1 Å². The molecule has 2 amide bonds. The van der Waals surface area contributed by atoms with Gasteiger partial charge < -0.3 is 9.47 Å². The number of amides is 2. The average molecular weight is 356 g/mol. The van der Waals surface area contributed by atoms with Crippen LogP contribution < -0.4 is 20.3 Å². The predicted octanol–water partition coefficient (Wildman–Crippen LogP) is 3.17. The SMILES string of the molecule is COc1cc(C(=O)NNC(=O)c2ccc(C)cc2C)ccc1OC(C)C. The van der Waals surface area contributed by atoms with Gasteiger partial charge in [0.1, 0.15) is 0 Å². The lowest BCUT2D eigenvalue weighted by atomic mass is 10.1. The van der Waals surface area contributed by atoms with E-state index in [0.29, 0.717) is 22.6 Å². The third-order valence-corrected chi connectivity index (χ3v) is 3.70. The van der Waals surface area contributed by atoms with Gasteiger partial charge in [-0.3, -0.25) is 20.4 Å². The molecule has 0 radical (unpaired) electrons. The quantitative estimate of drug-likeness (QED) is 0.807. The van der Waals surface area contributed by atoms with E-state index in [1.54, 1.807) is 24.3 Å². The first-order chi connectivity index (χ1) is 12.3. The summed E-state index contributed by atoms with van der Waals surface area (Å²) in [5.41, 5.74) is 7.61. The van der Waals surface area contributed by atoms with E-state index in [1.807, 2.05) is 39.8 Å². The normalized spacial score (nSPS) is 10.4. The Hall–Kier alpha value is -3.02. The highest BCUT2D eigenvalue weighted by atomic mass is 16.5. The second-order valence-corrected chi connectivity index (χ2v) is 6.26. The summed E-state index contributed by atoms with van der Waals surface area (Å²) in [4.78, 5) is 24.5. The Labute approximate surface area is 153 Å². The second-order valence-electron chi connectivity index (χ2n) is 6.26. The molecule has 0 unspecified atom stereocenters. The van der Waals surface area contributed by atoms with Crippen molar-refractivity contribution in [2.24, 2.45) is 0 Å². The summed E-state index contributed by atoms with van der Waals surface area (Å²) >= 11 is 0. The zero-order valence-corrected chi connectivity index (χ0v) is 15.7. The first kappa shape index (κ1) is 19.3. The molecule has 2 aromatic carbocycles. The predicted molar refractivity (Wildman–Crippen MR) is 99.6 cm³/mol. The minimum atomic E-state index is -0.447. The fraction of sp³-hybridized carbons (Fsp3) is 0.300. The Balaban J connectivity index is 2.06. The molecular formula is C20H24N2O4. The molecule has 2 rings (SSSR count). The van der Waals surface area contributed by atoms with E-state index in [4.69, 9.17) is 9.47 Å². The molecular weight excluding hydrogens is 332 g/mol. The summed E-state index contributed by atoms with van der Waals surface area (Å²) in [5, 5.41) is 0. The molecule has 0 bridgehead atoms. The number of hydrazine groups is 1. The van der Waals surface area contributed by atoms with Gasteiger partial charge in [-0.2, -0.15) is 0 Å². The van der Waals surface area contributed by atoms with Crippen molar-refractivity contribution in [3.8, 4) is 11.5 Å². The van der Waals surface area contributed by atoms with Crippen molar-refractivity contribution in [2.75, 3.05) is 7.11 Å². The number of rotatable bonds is 5. The molecule has 6 nitrogen and oxygen atoms in total. The van der Waals surface area contributed by atoms with Crippen LogP contribution in [-0.2, 0) is 0 Å². The molecule has 0 aliphatic rings. The van der Waals surface area contributed by atoms with Crippen LogP contribution in [0.2, 0.25) is 0 Å². The highest BCUT2D eigenvalue weighted by molar-refractivity contribution is 6.00. The molecule has 0 fully saturated rings. The summed E-state index contributed by atoms with van der Waals surface area (Å²) in [6, 6.07) is 10.3. The van der Waals surface area contributed by atoms with Crippen molar-refractivity contribution >= 4 is 11.8 Å². The van der Waals surface area contributed by atoms with Crippen LogP contribution in [0.25, 0.3) is 0 Å². The van der Waals surface area contributed by atoms with E-state index in [-0.39, 0.29) is 12.0 Å². The summed E-state index contributed by atoms with van der Waals surface area (Å²) in [7, 11) is 1.51. The summed E-state index contributed by atoms with van der Waals surface area (Å²) in [6.07, 6.45) is -0.0133. The molecule has 0 aromatic heterocycles. The number of carbonyl (C=O) groups excluding carboxylic acids is 2. The summed E-state index contributed by atoms with van der Waals surface area (Å²) in [6.45, 7) is 7.61. The molecule has 0 heterocycles. The van der Waals surface area contributed by atoms with Crippen LogP contribution >= 0.6 is 0 Å². The van der Waals surface area contributed by atoms with Gasteiger partial charge in [0.25, 0.3) is 11.8 Å². The van der Waals surface area contributed by atoms with E-state index in [1.165, 1.54) is 7.11 Å². The Kier molecular flexibility index (Phi) is 6.22. The minimum Gasteiger partial charge on any atom is -0.493 e. The van der Waals surface area contributed by atoms with E-state index in [2.05, 4.69) is 10.9 Å². The number of benzene rings is 2. The van der Waals surface area contributed by atoms with Gasteiger partial charge >= 0.3 is 0 Å². The number of carbonyl (C=O) groups is 2. The van der Waals surface area contributed by atoms with E-state index < -0.39 is 5.91 Å². The largest absolute Gasteiger partial charge is 0.493 e. The molecule has 138 valence electrons. The number of hydrogen-bond acceptors (Lipinski definition) is 4. The minimum absolute atomic E-state index is 0.0133. The second kappa shape index (κ2) is 8.38. The first-order valence-corrected chi connectivity index (χ1v) is 8.34. The monoisotopic (exact) mass is 356 g/mol. The molecule has 2 aromatic rings. The van der Waals surface area contributed by atoms with Gasteiger partial charge in [-0.1, -0.05) is 17.7 Å². The van der Waals surface area contributed by atoms with Crippen molar-refractivity contribution in [2.45, 2.75) is 33.8 Å². The topological polar surface area (TPSA) is 76.7 Å². The van der Waals surface area contributed by atoms with Gasteiger partial charge in [-0.05, 0) is 57.5 Å². The van der Waals surface area contributed by atoms with Crippen LogP contribution in [0.15, 0.2) is 36.4 Å². The van der Waals surface area contributed by atoms with Crippen LogP contribution in [0.1, 0.15) is 45.7 Å². The summed E-state index contributed by atoms with van der Waals surface area (Å²) < 4.78 is 10.9. The lowest BCUT2D eigenvalue weighted by molar-refractivity contribution is 0.0846. The molecule has 0 saturated heterocycles. The van der Waals surface area contributed by atoms with Crippen LogP contribution in [0.3, 0.4) is 0 Å². The number of ether oxygens (including phenoxy) is 2. The molecule has 0 saturated carbocycles. The zero-order chi connectivity index (χ0) is 19.3. The van der Waals surface area contributed by atoms with E-state index in [0.717, 1.165) is 11.1 Å². The van der Waals surface area contributed by atoms with Crippen LogP contribution in [0.5, 0.6) is 11.5 Å². The van der Waals surface area contributed by atoms with Gasteiger partial charge in [0.2, 0.25) is 0 Å². The Morgan fingerprint density at radius 1 is 0.923 bits per heavy atom. The van der Waals surface area contributed by atoms with E-state index in [9.17, 15) is 9.59 Å². The van der Waals surface area contributed by atoms with Gasteiger partial charge in [0, 0.05) is 11.1 Å². The number of aryl methyl sites for hydroxylation is 2. The molecule has 26 heavy (non-hydrogen) atoms. The lowest BCUT2D eigenvalue weighted by Gasteiger charge is -2.15. The number of nitrogens with one attached hydrogen (secondary N) is 2. The van der Waals surface area contributed by atoms with Crippen LogP contribution in [0.4, 0.5) is 0 Å². The summed E-state index contributed by atoms with van der Waals surface area (Å²) in [5.74, 6) is 0.186. The fourth-order valence-electron chi connectivity index (χ4n) is 2.48. The lowest BCUT2D eigenvalue weighted by Crippen LogP contribution is -2.41. The maximum atomic E-state index is 12.3. The Bertz CT molecular complexity index is 815. The molecule has 0 atom stereocenters. The molecule has 2 N–H and O–H groups in total. The molecule has 6 heteroatoms. The van der Waals surface area contributed by atoms with Gasteiger partial charge in [-0.15, -0.1) is 0 Å². The average Bonchev–Trinajstić information content (AvgIpc) is 2.59. The standard InChI is InChI=1S/C20H24N2O4/c1-12(2)26-17-9-7-15(11-18(17)25-5)19(23)21-22-20(24)16-8-6-13(3)10-14(16)4/h6-12H,1-5H3,(H,21,23)(H,22,24). The van der Waals surface area contributed by atoms with Crippen molar-refractivity contribution in [1.29, 1.82) is 0 Å². The third kappa shape index (κ3) is 4.75. The van der Waals surface area contributed by atoms with Gasteiger partial charge in [-0.25, -0.2) is 0 Å². The number of methoxy groups -OCH3 is 1. The zero-order valence-electron chi connectivity index (χ0n) is 15.7. The fourth-order valence-corrected chi connectivity index (χ4v) is 2.48.